The van der Waals surface area contributed by atoms with Gasteiger partial charge in [0, 0.05) is 4.47 Å². The van der Waals surface area contributed by atoms with Crippen molar-refractivity contribution >= 4 is 15.9 Å². The zero-order chi connectivity index (χ0) is 21.1. The Hall–Kier alpha value is -3.05. The van der Waals surface area contributed by atoms with Gasteiger partial charge in [-0.15, -0.1) is 0 Å². The van der Waals surface area contributed by atoms with Crippen LogP contribution in [-0.4, -0.2) is 12.3 Å². The van der Waals surface area contributed by atoms with Gasteiger partial charge in [-0.25, -0.2) is 0 Å². The van der Waals surface area contributed by atoms with Crippen LogP contribution >= 0.6 is 15.9 Å². The lowest BCUT2D eigenvalue weighted by atomic mass is 9.98. The third-order valence-electron chi connectivity index (χ3n) is 4.98. The van der Waals surface area contributed by atoms with E-state index in [0.717, 1.165) is 49.5 Å². The van der Waals surface area contributed by atoms with Gasteiger partial charge in [0.2, 0.25) is 0 Å². The van der Waals surface area contributed by atoms with E-state index in [4.69, 9.17) is 14.0 Å². The summed E-state index contributed by atoms with van der Waals surface area (Å²) in [5, 5.41) is 4.25. The minimum Gasteiger partial charge on any atom is -0.497 e. The van der Waals surface area contributed by atoms with Crippen LogP contribution in [0.1, 0.15) is 16.8 Å². The van der Waals surface area contributed by atoms with E-state index in [1.807, 2.05) is 80.6 Å². The topological polar surface area (TPSA) is 44.5 Å². The molecule has 0 fully saturated rings. The van der Waals surface area contributed by atoms with Gasteiger partial charge in [0.15, 0.2) is 5.76 Å². The van der Waals surface area contributed by atoms with Crippen molar-refractivity contribution in [1.29, 1.82) is 0 Å². The van der Waals surface area contributed by atoms with E-state index >= 15 is 0 Å². The first kappa shape index (κ1) is 20.2. The molecular weight excluding hydrogens is 442 g/mol. The number of aromatic nitrogens is 1. The molecule has 0 aliphatic heterocycles. The Morgan fingerprint density at radius 1 is 0.967 bits per heavy atom. The summed E-state index contributed by atoms with van der Waals surface area (Å²) in [6.45, 7) is 4.46. The summed E-state index contributed by atoms with van der Waals surface area (Å²) in [6, 6.07) is 22.1. The molecule has 4 rings (SSSR count). The van der Waals surface area contributed by atoms with Crippen molar-refractivity contribution in [2.24, 2.45) is 0 Å². The van der Waals surface area contributed by atoms with Crippen molar-refractivity contribution in [2.75, 3.05) is 7.11 Å². The molecule has 5 heteroatoms. The van der Waals surface area contributed by atoms with Crippen LogP contribution in [0.5, 0.6) is 11.5 Å². The number of hydrogen-bond donors (Lipinski definition) is 0. The number of ether oxygens (including phenoxy) is 2. The zero-order valence-electron chi connectivity index (χ0n) is 17.1. The molecule has 152 valence electrons. The molecule has 4 nitrogen and oxygen atoms in total. The molecular formula is C25H22BrNO3. The first-order valence-electron chi connectivity index (χ1n) is 9.64. The van der Waals surface area contributed by atoms with Crippen LogP contribution in [0, 0.1) is 13.8 Å². The van der Waals surface area contributed by atoms with E-state index in [9.17, 15) is 0 Å². The van der Waals surface area contributed by atoms with Crippen molar-refractivity contribution in [2.45, 2.75) is 20.5 Å². The molecule has 0 N–H and O–H groups in total. The van der Waals surface area contributed by atoms with Gasteiger partial charge in [0.25, 0.3) is 0 Å². The largest absolute Gasteiger partial charge is 0.497 e. The molecule has 0 amide bonds. The second-order valence-electron chi connectivity index (χ2n) is 7.07. The van der Waals surface area contributed by atoms with Gasteiger partial charge < -0.3 is 14.0 Å². The molecule has 0 saturated heterocycles. The SMILES string of the molecule is COc1ccc(-c2c(C)noc2-c2cc(Br)c(C)cc2OCc2ccccc2)cc1. The predicted molar refractivity (Wildman–Crippen MR) is 122 cm³/mol. The highest BCUT2D eigenvalue weighted by Crippen LogP contribution is 2.42. The number of benzene rings is 3. The van der Waals surface area contributed by atoms with Crippen LogP contribution in [0.2, 0.25) is 0 Å². The fourth-order valence-electron chi connectivity index (χ4n) is 3.34. The maximum atomic E-state index is 6.22. The highest BCUT2D eigenvalue weighted by Gasteiger charge is 2.21. The Balaban J connectivity index is 1.77. The van der Waals surface area contributed by atoms with E-state index in [2.05, 4.69) is 21.1 Å². The lowest BCUT2D eigenvalue weighted by molar-refractivity contribution is 0.306. The Kier molecular flexibility index (Phi) is 5.91. The zero-order valence-corrected chi connectivity index (χ0v) is 18.7. The van der Waals surface area contributed by atoms with E-state index in [0.29, 0.717) is 12.4 Å². The van der Waals surface area contributed by atoms with Crippen molar-refractivity contribution in [3.63, 3.8) is 0 Å². The van der Waals surface area contributed by atoms with Crippen molar-refractivity contribution in [3.05, 3.63) is 88.0 Å². The molecule has 0 unspecified atom stereocenters. The summed E-state index contributed by atoms with van der Waals surface area (Å²) >= 11 is 3.65. The van der Waals surface area contributed by atoms with Gasteiger partial charge >= 0.3 is 0 Å². The van der Waals surface area contributed by atoms with E-state index < -0.39 is 0 Å². The molecule has 1 heterocycles. The van der Waals surface area contributed by atoms with Crippen molar-refractivity contribution in [1.82, 2.24) is 5.16 Å². The quantitative estimate of drug-likeness (QED) is 0.309. The van der Waals surface area contributed by atoms with E-state index in [1.54, 1.807) is 7.11 Å². The van der Waals surface area contributed by atoms with Gasteiger partial charge in [-0.05, 0) is 54.8 Å². The maximum absolute atomic E-state index is 6.22. The third-order valence-corrected chi connectivity index (χ3v) is 5.84. The molecule has 0 spiro atoms. The fourth-order valence-corrected chi connectivity index (χ4v) is 3.68. The average molecular weight is 464 g/mol. The molecule has 3 aromatic carbocycles. The monoisotopic (exact) mass is 463 g/mol. The van der Waals surface area contributed by atoms with E-state index in [-0.39, 0.29) is 0 Å². The number of halogens is 1. The normalized spacial score (nSPS) is 10.8. The lowest BCUT2D eigenvalue weighted by Gasteiger charge is -2.14. The Morgan fingerprint density at radius 3 is 2.40 bits per heavy atom. The second-order valence-corrected chi connectivity index (χ2v) is 7.93. The molecule has 0 bridgehead atoms. The molecule has 1 aromatic heterocycles. The number of methoxy groups -OCH3 is 1. The summed E-state index contributed by atoms with van der Waals surface area (Å²) < 4.78 is 18.3. The molecule has 0 aliphatic rings. The summed E-state index contributed by atoms with van der Waals surface area (Å²) in [7, 11) is 1.66. The number of nitrogens with zero attached hydrogens (tertiary/aromatic N) is 1. The molecule has 4 aromatic rings. The molecule has 0 radical (unpaired) electrons. The third kappa shape index (κ3) is 4.12. The highest BCUT2D eigenvalue weighted by atomic mass is 79.9. The van der Waals surface area contributed by atoms with Gasteiger partial charge in [-0.1, -0.05) is 63.6 Å². The minimum atomic E-state index is 0.472. The molecule has 0 saturated carbocycles. The van der Waals surface area contributed by atoms with Crippen LogP contribution in [0.15, 0.2) is 75.7 Å². The summed E-state index contributed by atoms with van der Waals surface area (Å²) in [6.07, 6.45) is 0. The van der Waals surface area contributed by atoms with Crippen LogP contribution in [-0.2, 0) is 6.61 Å². The Labute approximate surface area is 184 Å². The minimum absolute atomic E-state index is 0.472. The maximum Gasteiger partial charge on any atom is 0.178 e. The first-order chi connectivity index (χ1) is 14.6. The Bertz CT molecular complexity index is 1150. The van der Waals surface area contributed by atoms with Crippen LogP contribution in [0.4, 0.5) is 0 Å². The van der Waals surface area contributed by atoms with Crippen molar-refractivity contribution in [3.8, 4) is 33.9 Å². The number of hydrogen-bond acceptors (Lipinski definition) is 4. The lowest BCUT2D eigenvalue weighted by Crippen LogP contribution is -1.98. The molecule has 0 atom stereocenters. The van der Waals surface area contributed by atoms with Gasteiger partial charge in [-0.3, -0.25) is 0 Å². The average Bonchev–Trinajstić information content (AvgIpc) is 3.16. The van der Waals surface area contributed by atoms with Crippen LogP contribution in [0.25, 0.3) is 22.5 Å². The van der Waals surface area contributed by atoms with Crippen LogP contribution < -0.4 is 9.47 Å². The van der Waals surface area contributed by atoms with E-state index in [1.165, 1.54) is 0 Å². The van der Waals surface area contributed by atoms with Gasteiger partial charge in [0.1, 0.15) is 18.1 Å². The number of rotatable bonds is 6. The smallest absolute Gasteiger partial charge is 0.178 e. The van der Waals surface area contributed by atoms with Crippen molar-refractivity contribution < 1.29 is 14.0 Å². The fraction of sp³-hybridized carbons (Fsp3) is 0.160. The summed E-state index contributed by atoms with van der Waals surface area (Å²) in [5.74, 6) is 2.24. The molecule has 30 heavy (non-hydrogen) atoms. The Morgan fingerprint density at radius 2 is 1.70 bits per heavy atom. The predicted octanol–water partition coefficient (Wildman–Crippen LogP) is 6.98. The summed E-state index contributed by atoms with van der Waals surface area (Å²) in [5.41, 5.74) is 5.82. The molecule has 0 aliphatic carbocycles. The van der Waals surface area contributed by atoms with Gasteiger partial charge in [-0.2, -0.15) is 0 Å². The number of aryl methyl sites for hydroxylation is 2. The van der Waals surface area contributed by atoms with Gasteiger partial charge in [0.05, 0.1) is 23.9 Å². The van der Waals surface area contributed by atoms with Crippen LogP contribution in [0.3, 0.4) is 0 Å². The second kappa shape index (κ2) is 8.76. The standard InChI is InChI=1S/C25H22BrNO3/c1-16-13-23(29-15-18-7-5-4-6-8-18)21(14-22(16)26)25-24(17(2)27-30-25)19-9-11-20(28-3)12-10-19/h4-14H,15H2,1-3H3. The summed E-state index contributed by atoms with van der Waals surface area (Å²) in [4.78, 5) is 0. The highest BCUT2D eigenvalue weighted by molar-refractivity contribution is 9.10. The first-order valence-corrected chi connectivity index (χ1v) is 10.4.